The summed E-state index contributed by atoms with van der Waals surface area (Å²) in [5.41, 5.74) is 1.78. The van der Waals surface area contributed by atoms with E-state index in [2.05, 4.69) is 10.0 Å². The van der Waals surface area contributed by atoms with Gasteiger partial charge in [0.2, 0.25) is 0 Å². The molecule has 1 amide bonds. The van der Waals surface area contributed by atoms with Crippen LogP contribution in [0.5, 0.6) is 0 Å². The van der Waals surface area contributed by atoms with Gasteiger partial charge in [0, 0.05) is 19.5 Å². The SMILES string of the molecule is O=C(CSC(=S)N1CCCC1)N1N=C(c2cccs2)CC1c1ccc(F)cc1. The number of hydrogen-bond donors (Lipinski definition) is 0. The number of rotatable bonds is 4. The van der Waals surface area contributed by atoms with E-state index in [0.29, 0.717) is 6.42 Å². The van der Waals surface area contributed by atoms with Crippen LogP contribution in [0, 0.1) is 5.82 Å². The second kappa shape index (κ2) is 8.71. The summed E-state index contributed by atoms with van der Waals surface area (Å²) in [6, 6.07) is 10.1. The number of carbonyl (C=O) groups is 1. The van der Waals surface area contributed by atoms with Gasteiger partial charge in [-0.05, 0) is 42.0 Å². The number of thiocarbonyl (C=S) groups is 1. The van der Waals surface area contributed by atoms with Crippen LogP contribution in [0.15, 0.2) is 46.9 Å². The number of thioether (sulfide) groups is 1. The average molecular weight is 434 g/mol. The first kappa shape index (κ1) is 19.5. The van der Waals surface area contributed by atoms with Crippen LogP contribution in [0.2, 0.25) is 0 Å². The van der Waals surface area contributed by atoms with Gasteiger partial charge in [0.1, 0.15) is 10.1 Å². The number of likely N-dealkylation sites (tertiary alicyclic amines) is 1. The van der Waals surface area contributed by atoms with Crippen molar-refractivity contribution in [2.75, 3.05) is 18.8 Å². The zero-order valence-corrected chi connectivity index (χ0v) is 17.7. The lowest BCUT2D eigenvalue weighted by atomic mass is 10.0. The molecule has 4 nitrogen and oxygen atoms in total. The molecule has 146 valence electrons. The van der Waals surface area contributed by atoms with Crippen LogP contribution in [0.25, 0.3) is 0 Å². The fourth-order valence-corrected chi connectivity index (χ4v) is 5.28. The van der Waals surface area contributed by atoms with Gasteiger partial charge in [-0.2, -0.15) is 5.10 Å². The van der Waals surface area contributed by atoms with Crippen LogP contribution < -0.4 is 0 Å². The molecule has 1 saturated heterocycles. The number of hydrogen-bond acceptors (Lipinski definition) is 5. The number of carbonyl (C=O) groups excluding carboxylic acids is 1. The second-order valence-electron chi connectivity index (χ2n) is 6.78. The van der Waals surface area contributed by atoms with Gasteiger partial charge in [-0.1, -0.05) is 42.2 Å². The molecule has 3 heterocycles. The van der Waals surface area contributed by atoms with E-state index in [4.69, 9.17) is 12.2 Å². The van der Waals surface area contributed by atoms with Crippen molar-refractivity contribution in [1.29, 1.82) is 0 Å². The number of nitrogens with zero attached hydrogens (tertiary/aromatic N) is 3. The van der Waals surface area contributed by atoms with Crippen LogP contribution in [0.3, 0.4) is 0 Å². The molecule has 2 aliphatic heterocycles. The zero-order chi connectivity index (χ0) is 19.5. The van der Waals surface area contributed by atoms with Crippen molar-refractivity contribution in [2.24, 2.45) is 5.10 Å². The van der Waals surface area contributed by atoms with E-state index in [0.717, 1.165) is 46.4 Å². The first-order valence-corrected chi connectivity index (χ1v) is 11.5. The topological polar surface area (TPSA) is 35.9 Å². The largest absolute Gasteiger partial charge is 0.358 e. The average Bonchev–Trinajstić information content (AvgIpc) is 3.47. The Labute approximate surface area is 177 Å². The molecule has 1 unspecified atom stereocenters. The predicted octanol–water partition coefficient (Wildman–Crippen LogP) is 4.68. The number of amides is 1. The van der Waals surface area contributed by atoms with Crippen LogP contribution in [0.1, 0.15) is 35.7 Å². The Bertz CT molecular complexity index is 877. The molecular formula is C20H20FN3OS3. The number of halogens is 1. The van der Waals surface area contributed by atoms with E-state index in [1.807, 2.05) is 17.5 Å². The number of hydrazone groups is 1. The molecule has 0 bridgehead atoms. The molecular weight excluding hydrogens is 413 g/mol. The number of benzene rings is 1. The Morgan fingerprint density at radius 3 is 2.68 bits per heavy atom. The molecule has 4 rings (SSSR count). The van der Waals surface area contributed by atoms with Gasteiger partial charge >= 0.3 is 0 Å². The van der Waals surface area contributed by atoms with E-state index in [9.17, 15) is 9.18 Å². The third-order valence-corrected chi connectivity index (χ3v) is 7.34. The highest BCUT2D eigenvalue weighted by Crippen LogP contribution is 2.34. The molecule has 28 heavy (non-hydrogen) atoms. The third-order valence-electron chi connectivity index (χ3n) is 4.91. The summed E-state index contributed by atoms with van der Waals surface area (Å²) in [4.78, 5) is 16.2. The molecule has 2 aliphatic rings. The van der Waals surface area contributed by atoms with Gasteiger partial charge in [0.05, 0.1) is 22.4 Å². The lowest BCUT2D eigenvalue weighted by Gasteiger charge is -2.23. The van der Waals surface area contributed by atoms with Crippen LogP contribution >= 0.6 is 35.3 Å². The molecule has 0 N–H and O–H groups in total. The standard InChI is InChI=1S/C20H20FN3OS3/c21-15-7-5-14(6-8-15)17-12-16(18-4-3-11-27-18)22-24(17)19(25)13-28-20(26)23-9-1-2-10-23/h3-8,11,17H,1-2,9-10,12-13H2. The van der Waals surface area contributed by atoms with Crippen LogP contribution in [-0.2, 0) is 4.79 Å². The predicted molar refractivity (Wildman–Crippen MR) is 117 cm³/mol. The molecule has 0 aliphatic carbocycles. The van der Waals surface area contributed by atoms with Gasteiger partial charge in [0.25, 0.3) is 5.91 Å². The first-order chi connectivity index (χ1) is 13.6. The molecule has 8 heteroatoms. The molecule has 0 saturated carbocycles. The lowest BCUT2D eigenvalue weighted by molar-refractivity contribution is -0.130. The maximum Gasteiger partial charge on any atom is 0.253 e. The van der Waals surface area contributed by atoms with E-state index in [1.165, 1.54) is 23.9 Å². The zero-order valence-electron chi connectivity index (χ0n) is 15.2. The molecule has 1 atom stereocenters. The van der Waals surface area contributed by atoms with Crippen molar-refractivity contribution in [1.82, 2.24) is 9.91 Å². The first-order valence-electron chi connectivity index (χ1n) is 9.22. The minimum atomic E-state index is -0.287. The summed E-state index contributed by atoms with van der Waals surface area (Å²) >= 11 is 8.49. The molecule has 1 aromatic carbocycles. The van der Waals surface area contributed by atoms with Crippen molar-refractivity contribution in [3.8, 4) is 0 Å². The summed E-state index contributed by atoms with van der Waals surface area (Å²) in [6.07, 6.45) is 2.93. The fourth-order valence-electron chi connectivity index (χ4n) is 3.46. The van der Waals surface area contributed by atoms with Crippen molar-refractivity contribution >= 4 is 51.3 Å². The Morgan fingerprint density at radius 1 is 1.25 bits per heavy atom. The lowest BCUT2D eigenvalue weighted by Crippen LogP contribution is -2.30. The van der Waals surface area contributed by atoms with Crippen LogP contribution in [-0.4, -0.2) is 44.7 Å². The Hall–Kier alpha value is -1.77. The van der Waals surface area contributed by atoms with E-state index < -0.39 is 0 Å². The minimum absolute atomic E-state index is 0.0765. The van der Waals surface area contributed by atoms with E-state index >= 15 is 0 Å². The smallest absolute Gasteiger partial charge is 0.253 e. The summed E-state index contributed by atoms with van der Waals surface area (Å²) in [7, 11) is 0. The molecule has 2 aromatic rings. The highest BCUT2D eigenvalue weighted by molar-refractivity contribution is 8.23. The van der Waals surface area contributed by atoms with Gasteiger partial charge < -0.3 is 4.90 Å². The highest BCUT2D eigenvalue weighted by atomic mass is 32.2. The third kappa shape index (κ3) is 4.29. The summed E-state index contributed by atoms with van der Waals surface area (Å²) < 4.78 is 14.1. The quantitative estimate of drug-likeness (QED) is 0.656. The number of thiophene rings is 1. The Kier molecular flexibility index (Phi) is 6.08. The molecule has 1 fully saturated rings. The van der Waals surface area contributed by atoms with Gasteiger partial charge in [-0.15, -0.1) is 11.3 Å². The van der Waals surface area contributed by atoms with Gasteiger partial charge in [-0.25, -0.2) is 9.40 Å². The molecule has 0 spiro atoms. The van der Waals surface area contributed by atoms with Crippen molar-refractivity contribution in [3.05, 3.63) is 58.0 Å². The van der Waals surface area contributed by atoms with Gasteiger partial charge in [-0.3, -0.25) is 4.79 Å². The summed E-state index contributed by atoms with van der Waals surface area (Å²) in [6.45, 7) is 1.95. The Balaban J connectivity index is 1.50. The van der Waals surface area contributed by atoms with E-state index in [1.54, 1.807) is 28.5 Å². The second-order valence-corrected chi connectivity index (χ2v) is 9.34. The van der Waals surface area contributed by atoms with Crippen LogP contribution in [0.4, 0.5) is 4.39 Å². The fraction of sp³-hybridized carbons (Fsp3) is 0.350. The molecule has 1 aromatic heterocycles. The normalized spacial score (nSPS) is 19.2. The van der Waals surface area contributed by atoms with Crippen molar-refractivity contribution in [2.45, 2.75) is 25.3 Å². The van der Waals surface area contributed by atoms with Crippen molar-refractivity contribution < 1.29 is 9.18 Å². The highest BCUT2D eigenvalue weighted by Gasteiger charge is 2.33. The maximum absolute atomic E-state index is 13.4. The Morgan fingerprint density at radius 2 is 2.00 bits per heavy atom. The molecule has 0 radical (unpaired) electrons. The minimum Gasteiger partial charge on any atom is -0.358 e. The summed E-state index contributed by atoms with van der Waals surface area (Å²) in [5, 5.41) is 8.19. The maximum atomic E-state index is 13.4. The van der Waals surface area contributed by atoms with Gasteiger partial charge in [0.15, 0.2) is 0 Å². The summed E-state index contributed by atoms with van der Waals surface area (Å²) in [5.74, 6) is -0.105. The monoisotopic (exact) mass is 433 g/mol. The van der Waals surface area contributed by atoms with Crippen molar-refractivity contribution in [3.63, 3.8) is 0 Å². The van der Waals surface area contributed by atoms with E-state index in [-0.39, 0.29) is 23.5 Å².